The van der Waals surface area contributed by atoms with Gasteiger partial charge in [0.1, 0.15) is 23.4 Å². The van der Waals surface area contributed by atoms with Gasteiger partial charge in [0.2, 0.25) is 23.3 Å². The van der Waals surface area contributed by atoms with Gasteiger partial charge in [-0.25, -0.2) is 8.78 Å². The first kappa shape index (κ1) is 52.9. The first-order valence-corrected chi connectivity index (χ1v) is 24.1. The van der Waals surface area contributed by atoms with Crippen LogP contribution in [0, 0.1) is 11.6 Å². The number of aromatic nitrogens is 1. The van der Waals surface area contributed by atoms with Crippen LogP contribution in [0.2, 0.25) is 0 Å². The van der Waals surface area contributed by atoms with Crippen LogP contribution in [0.5, 0.6) is 0 Å². The highest BCUT2D eigenvalue weighted by atomic mass is 32.1. The van der Waals surface area contributed by atoms with Crippen molar-refractivity contribution in [3.63, 3.8) is 0 Å². The molecular weight excluding hydrogens is 925 g/mol. The van der Waals surface area contributed by atoms with E-state index in [1.165, 1.54) is 43.1 Å². The number of benzene rings is 3. The molecule has 7 rings (SSSR count). The molecule has 3 aliphatic heterocycles. The molecule has 374 valence electrons. The van der Waals surface area contributed by atoms with Gasteiger partial charge in [0.05, 0.1) is 16.8 Å². The molecule has 1 aromatic heterocycles. The Kier molecular flexibility index (Phi) is 18.4. The van der Waals surface area contributed by atoms with Crippen molar-refractivity contribution in [1.82, 2.24) is 25.8 Å². The maximum absolute atomic E-state index is 13.6. The molecule has 0 bridgehead atoms. The number of unbranched alkanes of at least 4 members (excludes halogenated alkanes) is 13. The lowest BCUT2D eigenvalue weighted by molar-refractivity contribution is -0.149. The fourth-order valence-corrected chi connectivity index (χ4v) is 9.28. The van der Waals surface area contributed by atoms with Crippen LogP contribution >= 0.6 is 13.5 Å². The van der Waals surface area contributed by atoms with Crippen molar-refractivity contribution >= 4 is 83.0 Å². The molecule has 0 saturated carbocycles. The number of carbonyl (C=O) groups excluding carboxylic acids is 8. The van der Waals surface area contributed by atoms with Gasteiger partial charge in [0.25, 0.3) is 29.5 Å². The predicted octanol–water partition coefficient (Wildman–Crippen LogP) is 6.96. The fourth-order valence-electron chi connectivity index (χ4n) is 9.28. The molecule has 2 atom stereocenters. The quantitative estimate of drug-likeness (QED) is 0.0242. The molecule has 6 N–H and O–H groups in total. The molecule has 3 aliphatic rings. The van der Waals surface area contributed by atoms with Crippen LogP contribution in [-0.2, 0) is 30.5 Å². The third-order valence-corrected chi connectivity index (χ3v) is 13.1. The van der Waals surface area contributed by atoms with Crippen molar-refractivity contribution < 1.29 is 52.2 Å². The van der Waals surface area contributed by atoms with E-state index in [0.29, 0.717) is 41.3 Å². The second-order valence-electron chi connectivity index (χ2n) is 18.2. The summed E-state index contributed by atoms with van der Waals surface area (Å²) in [5.41, 5.74) is -0.268. The number of H-pyrrole nitrogens is 1. The molecule has 1 unspecified atom stereocenters. The minimum absolute atomic E-state index is 0. The van der Waals surface area contributed by atoms with Gasteiger partial charge >= 0.3 is 0 Å². The van der Waals surface area contributed by atoms with E-state index in [0.717, 1.165) is 68.4 Å². The summed E-state index contributed by atoms with van der Waals surface area (Å²) in [7, 11) is 0. The van der Waals surface area contributed by atoms with Gasteiger partial charge in [-0.3, -0.25) is 48.6 Å². The van der Waals surface area contributed by atoms with Crippen LogP contribution in [0.25, 0.3) is 10.9 Å². The molecule has 2 saturated heterocycles. The number of anilines is 2. The van der Waals surface area contributed by atoms with Crippen molar-refractivity contribution in [2.24, 2.45) is 0 Å². The second kappa shape index (κ2) is 24.4. The molecule has 2 fully saturated rings. The maximum Gasteiger partial charge on any atom is 0.268 e. The van der Waals surface area contributed by atoms with Crippen LogP contribution in [0.4, 0.5) is 20.2 Å². The summed E-state index contributed by atoms with van der Waals surface area (Å²) in [5.74, 6) is -6.29. The smallest absolute Gasteiger partial charge is 0.268 e. The van der Waals surface area contributed by atoms with E-state index in [-0.39, 0.29) is 86.5 Å². The number of amides is 8. The zero-order valence-electron chi connectivity index (χ0n) is 39.1. The fraction of sp³-hybridized carbons (Fsp3) is 0.451. The molecule has 16 nitrogen and oxygen atoms in total. The van der Waals surface area contributed by atoms with Crippen molar-refractivity contribution in [1.29, 1.82) is 0 Å². The van der Waals surface area contributed by atoms with Gasteiger partial charge in [-0.05, 0) is 73.4 Å². The van der Waals surface area contributed by atoms with Gasteiger partial charge in [-0.1, -0.05) is 83.1 Å². The molecular formula is C51H61F2N7O9S. The molecule has 19 heteroatoms. The van der Waals surface area contributed by atoms with Crippen molar-refractivity contribution in [3.05, 3.63) is 94.7 Å². The Morgan fingerprint density at radius 2 is 1.40 bits per heavy atom. The number of piperidine rings is 1. The number of halogens is 2. The van der Waals surface area contributed by atoms with Crippen molar-refractivity contribution in [2.45, 2.75) is 134 Å². The third-order valence-electron chi connectivity index (χ3n) is 13.1. The van der Waals surface area contributed by atoms with Gasteiger partial charge in [-0.2, -0.15) is 13.5 Å². The molecule has 8 amide bonds. The summed E-state index contributed by atoms with van der Waals surface area (Å²) in [6, 6.07) is 13.2. The summed E-state index contributed by atoms with van der Waals surface area (Å²) in [5, 5.41) is 22.0. The number of aromatic amines is 1. The van der Waals surface area contributed by atoms with Gasteiger partial charge in [0.15, 0.2) is 0 Å². The molecule has 70 heavy (non-hydrogen) atoms. The van der Waals surface area contributed by atoms with Crippen molar-refractivity contribution in [3.8, 4) is 0 Å². The number of carbonyl (C=O) groups is 8. The highest BCUT2D eigenvalue weighted by molar-refractivity contribution is 7.59. The number of nitrogens with one attached hydrogen (secondary N) is 5. The molecule has 0 radical (unpaired) electrons. The minimum atomic E-state index is -2.34. The van der Waals surface area contributed by atoms with E-state index in [1.54, 1.807) is 36.4 Å². The van der Waals surface area contributed by atoms with Crippen LogP contribution in [0.15, 0.2) is 60.7 Å². The number of hydrogen-bond donors (Lipinski definition) is 6. The summed E-state index contributed by atoms with van der Waals surface area (Å²) in [4.78, 5) is 107. The summed E-state index contributed by atoms with van der Waals surface area (Å²) >= 11 is 0. The van der Waals surface area contributed by atoms with Crippen LogP contribution in [-0.4, -0.2) is 87.0 Å². The summed E-state index contributed by atoms with van der Waals surface area (Å²) < 4.78 is 27.1. The lowest BCUT2D eigenvalue weighted by Gasteiger charge is -2.27. The number of nitrogens with zero attached hydrogens (tertiary/aromatic N) is 2. The normalized spacial score (nSPS) is 17.7. The number of aliphatic hydroxyl groups is 1. The Labute approximate surface area is 411 Å². The lowest BCUT2D eigenvalue weighted by atomic mass is 10.0. The average Bonchev–Trinajstić information content (AvgIpc) is 3.97. The maximum atomic E-state index is 13.6. The first-order chi connectivity index (χ1) is 33.2. The number of hydrogen-bond acceptors (Lipinski definition) is 9. The SMILES string of the molecule is O=C1CCC(N2C(=O)c3cccc(NC(=O)CCCCCCCCCCCCCCCCNC(=O)c4cc5cc(N6CC[C@](O)(C(=O)NCc7cc(F)cc(F)c7)C6=O)ccc5[nH]4)c3C2=O)C(=O)N1.S. The van der Waals surface area contributed by atoms with Gasteiger partial charge in [-0.15, -0.1) is 0 Å². The van der Waals surface area contributed by atoms with Gasteiger partial charge in [0, 0.05) is 61.6 Å². The first-order valence-electron chi connectivity index (χ1n) is 24.1. The largest absolute Gasteiger partial charge is 0.372 e. The van der Waals surface area contributed by atoms with Crippen LogP contribution in [0.1, 0.15) is 152 Å². The van der Waals surface area contributed by atoms with Crippen molar-refractivity contribution in [2.75, 3.05) is 23.3 Å². The molecule has 4 heterocycles. The van der Waals surface area contributed by atoms with E-state index in [1.807, 2.05) is 0 Å². The van der Waals surface area contributed by atoms with Gasteiger partial charge < -0.3 is 30.9 Å². The second-order valence-corrected chi connectivity index (χ2v) is 18.2. The Balaban J connectivity index is 0.00000804. The summed E-state index contributed by atoms with van der Waals surface area (Å²) in [6.07, 6.45) is 15.1. The highest BCUT2D eigenvalue weighted by Gasteiger charge is 2.52. The highest BCUT2D eigenvalue weighted by Crippen LogP contribution is 2.34. The van der Waals surface area contributed by atoms with E-state index in [9.17, 15) is 52.2 Å². The van der Waals surface area contributed by atoms with E-state index in [4.69, 9.17) is 0 Å². The number of imide groups is 2. The van der Waals surface area contributed by atoms with E-state index in [2.05, 4.69) is 26.3 Å². The topological polar surface area (TPSA) is 227 Å². The summed E-state index contributed by atoms with van der Waals surface area (Å²) in [6.45, 7) is 0.332. The standard InChI is InChI=1S/C51H59F2N7O9.H2S/c52-34-26-32(27-35(53)30-34)31-55-49(67)51(69)23-25-59(50(51)68)36-19-20-38-33(28-36)29-40(56-38)45(63)54-24-14-12-10-8-6-4-2-1-3-5-7-9-11-13-18-42(61)57-39-17-15-16-37-44(39)48(66)60(47(37)65)41-21-22-43(62)58-46(41)64;/h15-17,19-20,26-30,41,56,69H,1-14,18,21-25,31H2,(H,54,63)(H,55,67)(H,57,61)(H,58,62,64);1H2/t41?,51-;/m0./s1. The van der Waals surface area contributed by atoms with E-state index >= 15 is 0 Å². The minimum Gasteiger partial charge on any atom is -0.372 e. The third kappa shape index (κ3) is 12.8. The van der Waals surface area contributed by atoms with E-state index < -0.39 is 58.7 Å². The van der Waals surface area contributed by atoms with Crippen LogP contribution < -0.4 is 26.2 Å². The number of fused-ring (bicyclic) bond motifs is 2. The Bertz CT molecular complexity index is 2600. The molecule has 3 aromatic carbocycles. The molecule has 4 aromatic rings. The monoisotopic (exact) mass is 985 g/mol. The Morgan fingerprint density at radius 3 is 2.06 bits per heavy atom. The lowest BCUT2D eigenvalue weighted by Crippen LogP contribution is -2.54. The predicted molar refractivity (Wildman–Crippen MR) is 262 cm³/mol. The molecule has 0 aliphatic carbocycles. The number of rotatable bonds is 24. The average molecular weight is 986 g/mol. The Hall–Kier alpha value is -6.47. The Morgan fingerprint density at radius 1 is 0.757 bits per heavy atom. The molecule has 0 spiro atoms. The zero-order valence-corrected chi connectivity index (χ0v) is 40.1. The zero-order chi connectivity index (χ0) is 49.1. The van der Waals surface area contributed by atoms with Crippen LogP contribution in [0.3, 0.4) is 0 Å².